The van der Waals surface area contributed by atoms with E-state index in [0.29, 0.717) is 19.6 Å². The number of esters is 1. The molecule has 1 unspecified atom stereocenters. The Bertz CT molecular complexity index is 439. The van der Waals surface area contributed by atoms with Crippen molar-refractivity contribution in [1.82, 2.24) is 0 Å². The summed E-state index contributed by atoms with van der Waals surface area (Å²) >= 11 is 0. The van der Waals surface area contributed by atoms with Crippen molar-refractivity contribution in [3.05, 3.63) is 29.8 Å². The van der Waals surface area contributed by atoms with E-state index in [1.807, 2.05) is 24.3 Å². The van der Waals surface area contributed by atoms with Crippen molar-refractivity contribution < 1.29 is 19.0 Å². The normalized spacial score (nSPS) is 25.9. The monoisotopic (exact) mass is 248 g/mol. The van der Waals surface area contributed by atoms with Gasteiger partial charge < -0.3 is 14.2 Å². The SMILES string of the molecule is O=C1OCCC1Cc1ccccc1OC[C@@H]1CO1. The Hall–Kier alpha value is -1.55. The quantitative estimate of drug-likeness (QED) is 0.586. The zero-order valence-corrected chi connectivity index (χ0v) is 10.1. The maximum atomic E-state index is 11.5. The van der Waals surface area contributed by atoms with Gasteiger partial charge in [0.1, 0.15) is 18.5 Å². The van der Waals surface area contributed by atoms with E-state index in [4.69, 9.17) is 14.2 Å². The highest BCUT2D eigenvalue weighted by Gasteiger charge is 2.28. The molecule has 0 bridgehead atoms. The average molecular weight is 248 g/mol. The van der Waals surface area contributed by atoms with E-state index < -0.39 is 0 Å². The molecular formula is C14H16O4. The van der Waals surface area contributed by atoms with Crippen LogP contribution in [0.1, 0.15) is 12.0 Å². The van der Waals surface area contributed by atoms with Crippen LogP contribution >= 0.6 is 0 Å². The molecule has 96 valence electrons. The highest BCUT2D eigenvalue weighted by Crippen LogP contribution is 2.26. The van der Waals surface area contributed by atoms with Crippen LogP contribution in [0.2, 0.25) is 0 Å². The van der Waals surface area contributed by atoms with Crippen molar-refractivity contribution in [2.75, 3.05) is 19.8 Å². The molecule has 2 aliphatic rings. The van der Waals surface area contributed by atoms with Gasteiger partial charge in [0.2, 0.25) is 0 Å². The van der Waals surface area contributed by atoms with E-state index in [1.54, 1.807) is 0 Å². The number of ether oxygens (including phenoxy) is 3. The molecule has 2 saturated heterocycles. The molecule has 2 aliphatic heterocycles. The number of rotatable bonds is 5. The largest absolute Gasteiger partial charge is 0.491 e. The summed E-state index contributed by atoms with van der Waals surface area (Å²) in [6.07, 6.45) is 1.74. The summed E-state index contributed by atoms with van der Waals surface area (Å²) in [4.78, 5) is 11.5. The Kier molecular flexibility index (Phi) is 3.19. The smallest absolute Gasteiger partial charge is 0.309 e. The molecule has 4 nitrogen and oxygen atoms in total. The Morgan fingerprint density at radius 3 is 2.89 bits per heavy atom. The molecule has 18 heavy (non-hydrogen) atoms. The molecular weight excluding hydrogens is 232 g/mol. The highest BCUT2D eigenvalue weighted by molar-refractivity contribution is 5.74. The van der Waals surface area contributed by atoms with Gasteiger partial charge in [-0.1, -0.05) is 18.2 Å². The van der Waals surface area contributed by atoms with Crippen LogP contribution in [0, 0.1) is 5.92 Å². The van der Waals surface area contributed by atoms with Crippen LogP contribution in [-0.4, -0.2) is 31.9 Å². The number of benzene rings is 1. The summed E-state index contributed by atoms with van der Waals surface area (Å²) in [7, 11) is 0. The van der Waals surface area contributed by atoms with Crippen molar-refractivity contribution in [3.63, 3.8) is 0 Å². The van der Waals surface area contributed by atoms with Gasteiger partial charge in [0, 0.05) is 0 Å². The lowest BCUT2D eigenvalue weighted by atomic mass is 9.97. The van der Waals surface area contributed by atoms with Gasteiger partial charge in [-0.05, 0) is 24.5 Å². The molecule has 4 heteroatoms. The van der Waals surface area contributed by atoms with Gasteiger partial charge in [-0.25, -0.2) is 0 Å². The third-order valence-corrected chi connectivity index (χ3v) is 3.31. The van der Waals surface area contributed by atoms with Gasteiger partial charge in [0.05, 0.1) is 19.1 Å². The summed E-state index contributed by atoms with van der Waals surface area (Å²) in [5.74, 6) is 0.745. The lowest BCUT2D eigenvalue weighted by Gasteiger charge is -2.12. The summed E-state index contributed by atoms with van der Waals surface area (Å²) in [5.41, 5.74) is 1.07. The topological polar surface area (TPSA) is 48.1 Å². The van der Waals surface area contributed by atoms with Crippen molar-refractivity contribution in [3.8, 4) is 5.75 Å². The first kappa shape index (κ1) is 11.5. The summed E-state index contributed by atoms with van der Waals surface area (Å²) < 4.78 is 15.8. The van der Waals surface area contributed by atoms with E-state index in [-0.39, 0.29) is 18.0 Å². The molecule has 0 aliphatic carbocycles. The van der Waals surface area contributed by atoms with Crippen molar-refractivity contribution in [2.24, 2.45) is 5.92 Å². The van der Waals surface area contributed by atoms with Gasteiger partial charge in [0.15, 0.2) is 0 Å². The number of hydrogen-bond donors (Lipinski definition) is 0. The Labute approximate surface area is 106 Å². The van der Waals surface area contributed by atoms with Gasteiger partial charge in [-0.3, -0.25) is 4.79 Å². The Morgan fingerprint density at radius 1 is 1.33 bits per heavy atom. The third kappa shape index (κ3) is 2.64. The second-order valence-corrected chi connectivity index (χ2v) is 4.73. The van der Waals surface area contributed by atoms with Gasteiger partial charge in [0.25, 0.3) is 0 Å². The predicted molar refractivity (Wildman–Crippen MR) is 64.4 cm³/mol. The Morgan fingerprint density at radius 2 is 2.17 bits per heavy atom. The first-order chi connectivity index (χ1) is 8.83. The number of hydrogen-bond acceptors (Lipinski definition) is 4. The number of cyclic esters (lactones) is 1. The van der Waals surface area contributed by atoms with Crippen molar-refractivity contribution >= 4 is 5.97 Å². The molecule has 2 atom stereocenters. The minimum atomic E-state index is -0.0877. The minimum Gasteiger partial charge on any atom is -0.491 e. The molecule has 1 aromatic rings. The molecule has 1 aromatic carbocycles. The molecule has 2 heterocycles. The van der Waals surface area contributed by atoms with E-state index in [1.165, 1.54) is 0 Å². The maximum Gasteiger partial charge on any atom is 0.309 e. The molecule has 2 fully saturated rings. The van der Waals surface area contributed by atoms with Crippen LogP contribution in [-0.2, 0) is 20.7 Å². The second kappa shape index (κ2) is 4.98. The maximum absolute atomic E-state index is 11.5. The van der Waals surface area contributed by atoms with Crippen LogP contribution in [0.15, 0.2) is 24.3 Å². The van der Waals surface area contributed by atoms with Crippen LogP contribution in [0.25, 0.3) is 0 Å². The van der Waals surface area contributed by atoms with Gasteiger partial charge in [-0.15, -0.1) is 0 Å². The lowest BCUT2D eigenvalue weighted by Crippen LogP contribution is -2.12. The minimum absolute atomic E-state index is 0.0214. The molecule has 0 radical (unpaired) electrons. The summed E-state index contributed by atoms with van der Waals surface area (Å²) in [5, 5.41) is 0. The Balaban J connectivity index is 1.67. The van der Waals surface area contributed by atoms with E-state index in [0.717, 1.165) is 24.3 Å². The number of para-hydroxylation sites is 1. The second-order valence-electron chi connectivity index (χ2n) is 4.73. The zero-order valence-electron chi connectivity index (χ0n) is 10.1. The fraction of sp³-hybridized carbons (Fsp3) is 0.500. The van der Waals surface area contributed by atoms with E-state index in [2.05, 4.69) is 0 Å². The molecule has 0 amide bonds. The van der Waals surface area contributed by atoms with E-state index >= 15 is 0 Å². The molecule has 0 saturated carbocycles. The summed E-state index contributed by atoms with van der Waals surface area (Å²) in [6.45, 7) is 1.92. The van der Waals surface area contributed by atoms with Crippen molar-refractivity contribution in [2.45, 2.75) is 18.9 Å². The molecule has 0 aromatic heterocycles. The third-order valence-electron chi connectivity index (χ3n) is 3.31. The standard InChI is InChI=1S/C14H16O4/c15-14-11(5-6-16-14)7-10-3-1-2-4-13(10)18-9-12-8-17-12/h1-4,11-12H,5-9H2/t11?,12-/m0/s1. The van der Waals surface area contributed by atoms with Gasteiger partial charge in [-0.2, -0.15) is 0 Å². The van der Waals surface area contributed by atoms with Crippen molar-refractivity contribution in [1.29, 1.82) is 0 Å². The highest BCUT2D eigenvalue weighted by atomic mass is 16.6. The average Bonchev–Trinajstić information content (AvgIpc) is 3.13. The number of carbonyl (C=O) groups excluding carboxylic acids is 1. The van der Waals surface area contributed by atoms with Crippen LogP contribution < -0.4 is 4.74 Å². The number of epoxide rings is 1. The zero-order chi connectivity index (χ0) is 12.4. The molecule has 0 spiro atoms. The van der Waals surface area contributed by atoms with Crippen LogP contribution in [0.5, 0.6) is 5.75 Å². The summed E-state index contributed by atoms with van der Waals surface area (Å²) in [6, 6.07) is 7.86. The van der Waals surface area contributed by atoms with Crippen LogP contribution in [0.4, 0.5) is 0 Å². The first-order valence-electron chi connectivity index (χ1n) is 6.32. The van der Waals surface area contributed by atoms with Crippen LogP contribution in [0.3, 0.4) is 0 Å². The number of carbonyl (C=O) groups is 1. The predicted octanol–water partition coefficient (Wildman–Crippen LogP) is 1.57. The van der Waals surface area contributed by atoms with Gasteiger partial charge >= 0.3 is 5.97 Å². The van der Waals surface area contributed by atoms with E-state index in [9.17, 15) is 4.79 Å². The molecule has 3 rings (SSSR count). The fourth-order valence-corrected chi connectivity index (χ4v) is 2.15. The lowest BCUT2D eigenvalue weighted by molar-refractivity contribution is -0.141. The first-order valence-corrected chi connectivity index (χ1v) is 6.32. The fourth-order valence-electron chi connectivity index (χ4n) is 2.15. The molecule has 0 N–H and O–H groups in total.